The Balaban J connectivity index is 1.56. The summed E-state index contributed by atoms with van der Waals surface area (Å²) in [4.78, 5) is 0. The standard InChI is InChI=1S/C24H26NO/c1-17(2)8-4-3-7-15-25-16-19(25)13-11-18-12-14-21-20-9-5-6-10-22(20)26-24(21)23(18)25/h5-7,9-10,12,14-17H,3-4,8,11,13H2,1-2H3/q+1. The van der Waals surface area contributed by atoms with Crippen molar-refractivity contribution in [3.8, 4) is 0 Å². The van der Waals surface area contributed by atoms with Gasteiger partial charge in [-0.3, -0.25) is 0 Å². The molecule has 0 N–H and O–H groups in total. The number of unbranched alkanes of at least 4 members (excludes halogenated alkanes) is 1. The molecule has 0 amide bonds. The Labute approximate surface area is 155 Å². The van der Waals surface area contributed by atoms with Gasteiger partial charge in [-0.25, -0.2) is 0 Å². The molecular formula is C24H26NO+. The molecule has 0 saturated heterocycles. The molecule has 3 aromatic rings. The minimum Gasteiger partial charge on any atom is -0.450 e. The number of para-hydroxylation sites is 1. The first-order valence-electron chi connectivity index (χ1n) is 9.91. The maximum absolute atomic E-state index is 6.35. The van der Waals surface area contributed by atoms with Crippen LogP contribution in [0.1, 0.15) is 45.1 Å². The van der Waals surface area contributed by atoms with E-state index in [-0.39, 0.29) is 0 Å². The summed E-state index contributed by atoms with van der Waals surface area (Å²) in [5.74, 6) is 0.788. The van der Waals surface area contributed by atoms with Crippen molar-refractivity contribution in [1.29, 1.82) is 0 Å². The predicted octanol–water partition coefficient (Wildman–Crippen LogP) is 7.03. The zero-order valence-corrected chi connectivity index (χ0v) is 15.7. The fourth-order valence-corrected chi connectivity index (χ4v) is 4.45. The molecule has 0 spiro atoms. The van der Waals surface area contributed by atoms with Crippen LogP contribution in [-0.4, -0.2) is 0 Å². The highest BCUT2D eigenvalue weighted by Crippen LogP contribution is 2.54. The first-order valence-corrected chi connectivity index (χ1v) is 9.91. The van der Waals surface area contributed by atoms with Crippen molar-refractivity contribution in [2.45, 2.75) is 46.0 Å². The molecule has 2 heteroatoms. The number of nitrogens with zero attached hydrogens (tertiary/aromatic N) is 1. The molecule has 5 rings (SSSR count). The molecule has 0 aliphatic carbocycles. The Hall–Kier alpha value is -2.32. The third-order valence-electron chi connectivity index (χ3n) is 5.88. The zero-order valence-electron chi connectivity index (χ0n) is 15.7. The first-order chi connectivity index (χ1) is 12.7. The van der Waals surface area contributed by atoms with Crippen molar-refractivity contribution in [1.82, 2.24) is 4.48 Å². The Morgan fingerprint density at radius 3 is 2.85 bits per heavy atom. The molecule has 2 nitrogen and oxygen atoms in total. The monoisotopic (exact) mass is 344 g/mol. The highest BCUT2D eigenvalue weighted by atomic mass is 16.3. The van der Waals surface area contributed by atoms with Crippen molar-refractivity contribution in [3.05, 3.63) is 66.1 Å². The number of furan rings is 1. The molecule has 0 radical (unpaired) electrons. The van der Waals surface area contributed by atoms with Gasteiger partial charge in [-0.2, -0.15) is 4.48 Å². The molecule has 1 atom stereocenters. The van der Waals surface area contributed by atoms with Crippen molar-refractivity contribution in [2.75, 3.05) is 0 Å². The van der Waals surface area contributed by atoms with Crippen molar-refractivity contribution in [3.63, 3.8) is 0 Å². The summed E-state index contributed by atoms with van der Waals surface area (Å²) >= 11 is 0. The van der Waals surface area contributed by atoms with Crippen LogP contribution < -0.4 is 4.48 Å². The molecule has 0 saturated carbocycles. The Morgan fingerprint density at radius 2 is 1.96 bits per heavy atom. The van der Waals surface area contributed by atoms with E-state index in [1.807, 2.05) is 0 Å². The van der Waals surface area contributed by atoms with Gasteiger partial charge in [0.05, 0.1) is 0 Å². The van der Waals surface area contributed by atoms with Crippen molar-refractivity contribution in [2.24, 2.45) is 5.92 Å². The topological polar surface area (TPSA) is 13.1 Å². The molecule has 2 aromatic carbocycles. The van der Waals surface area contributed by atoms with E-state index in [2.05, 4.69) is 68.7 Å². The average molecular weight is 344 g/mol. The van der Waals surface area contributed by atoms with Crippen LogP contribution in [0.4, 0.5) is 5.69 Å². The lowest BCUT2D eigenvalue weighted by Crippen LogP contribution is -2.25. The highest BCUT2D eigenvalue weighted by molar-refractivity contribution is 6.10. The lowest BCUT2D eigenvalue weighted by Gasteiger charge is -2.23. The Kier molecular flexibility index (Phi) is 3.58. The van der Waals surface area contributed by atoms with E-state index >= 15 is 0 Å². The largest absolute Gasteiger partial charge is 0.450 e. The van der Waals surface area contributed by atoms with Gasteiger partial charge in [-0.05, 0) is 43.4 Å². The predicted molar refractivity (Wildman–Crippen MR) is 110 cm³/mol. The number of hydrogen-bond acceptors (Lipinski definition) is 1. The van der Waals surface area contributed by atoms with Crippen LogP contribution in [-0.2, 0) is 6.42 Å². The summed E-state index contributed by atoms with van der Waals surface area (Å²) < 4.78 is 7.16. The fourth-order valence-electron chi connectivity index (χ4n) is 4.45. The van der Waals surface area contributed by atoms with Crippen LogP contribution in [0, 0.1) is 5.92 Å². The van der Waals surface area contributed by atoms with Gasteiger partial charge in [0.2, 0.25) is 0 Å². The number of rotatable bonds is 5. The summed E-state index contributed by atoms with van der Waals surface area (Å²) in [6.07, 6.45) is 13.2. The molecule has 1 unspecified atom stereocenters. The molecule has 132 valence electrons. The summed E-state index contributed by atoms with van der Waals surface area (Å²) in [7, 11) is 0. The van der Waals surface area contributed by atoms with Gasteiger partial charge in [0, 0.05) is 22.8 Å². The van der Waals surface area contributed by atoms with Crippen LogP contribution in [0.5, 0.6) is 0 Å². The summed E-state index contributed by atoms with van der Waals surface area (Å²) in [5, 5.41) is 2.46. The summed E-state index contributed by atoms with van der Waals surface area (Å²) in [6, 6.07) is 13.0. The van der Waals surface area contributed by atoms with E-state index in [0.29, 0.717) is 0 Å². The Bertz CT molecular complexity index is 1050. The highest BCUT2D eigenvalue weighted by Gasteiger charge is 2.52. The fraction of sp³-hybridized carbons (Fsp3) is 0.333. The number of aryl methyl sites for hydroxylation is 1. The second-order valence-corrected chi connectivity index (χ2v) is 8.16. The summed E-state index contributed by atoms with van der Waals surface area (Å²) in [5.41, 5.74) is 6.36. The van der Waals surface area contributed by atoms with E-state index in [4.69, 9.17) is 4.42 Å². The van der Waals surface area contributed by atoms with E-state index < -0.39 is 0 Å². The lowest BCUT2D eigenvalue weighted by molar-refractivity contribution is 0.558. The number of hydrogen-bond donors (Lipinski definition) is 0. The van der Waals surface area contributed by atoms with Gasteiger partial charge in [0.1, 0.15) is 11.8 Å². The maximum atomic E-state index is 6.35. The first kappa shape index (κ1) is 15.9. The number of fused-ring (bicyclic) bond motifs is 7. The van der Waals surface area contributed by atoms with Crippen LogP contribution in [0.3, 0.4) is 0 Å². The quantitative estimate of drug-likeness (QED) is 0.357. The van der Waals surface area contributed by atoms with Crippen LogP contribution >= 0.6 is 0 Å². The van der Waals surface area contributed by atoms with E-state index in [0.717, 1.165) is 40.8 Å². The molecular weight excluding hydrogens is 318 g/mol. The van der Waals surface area contributed by atoms with E-state index in [9.17, 15) is 0 Å². The van der Waals surface area contributed by atoms with Gasteiger partial charge in [-0.15, -0.1) is 0 Å². The van der Waals surface area contributed by atoms with Crippen LogP contribution in [0.2, 0.25) is 0 Å². The van der Waals surface area contributed by atoms with Crippen molar-refractivity contribution >= 4 is 27.6 Å². The van der Waals surface area contributed by atoms with Gasteiger partial charge in [0.15, 0.2) is 23.2 Å². The molecule has 0 fully saturated rings. The number of allylic oxidation sites excluding steroid dienone is 2. The summed E-state index contributed by atoms with van der Waals surface area (Å²) in [6.45, 7) is 4.60. The van der Waals surface area contributed by atoms with Crippen LogP contribution in [0.15, 0.2) is 65.0 Å². The molecule has 2 aliphatic heterocycles. The lowest BCUT2D eigenvalue weighted by atomic mass is 9.99. The second kappa shape index (κ2) is 5.85. The minimum atomic E-state index is 0.788. The number of benzene rings is 2. The molecule has 3 heterocycles. The third kappa shape index (κ3) is 2.36. The van der Waals surface area contributed by atoms with Gasteiger partial charge < -0.3 is 4.42 Å². The molecule has 26 heavy (non-hydrogen) atoms. The zero-order chi connectivity index (χ0) is 17.7. The molecule has 1 aromatic heterocycles. The smallest absolute Gasteiger partial charge is 0.197 e. The molecule has 0 bridgehead atoms. The molecule has 2 aliphatic rings. The normalized spacial score (nSPS) is 21.4. The SMILES string of the molecule is CC(C)CCCC=C[N+]12C=C1CCc1ccc3c(oc4ccccc43)c12. The van der Waals surface area contributed by atoms with E-state index in [1.54, 1.807) is 0 Å². The van der Waals surface area contributed by atoms with E-state index in [1.165, 1.54) is 40.6 Å². The van der Waals surface area contributed by atoms with Gasteiger partial charge in [0.25, 0.3) is 0 Å². The van der Waals surface area contributed by atoms with Crippen molar-refractivity contribution < 1.29 is 4.42 Å². The minimum absolute atomic E-state index is 0.788. The average Bonchev–Trinajstić information content (AvgIpc) is 3.24. The second-order valence-electron chi connectivity index (χ2n) is 8.16. The third-order valence-corrected chi connectivity index (χ3v) is 5.88. The number of quaternary nitrogens is 1. The van der Waals surface area contributed by atoms with Crippen LogP contribution in [0.25, 0.3) is 21.9 Å². The van der Waals surface area contributed by atoms with Gasteiger partial charge >= 0.3 is 0 Å². The van der Waals surface area contributed by atoms with Gasteiger partial charge in [-0.1, -0.05) is 44.5 Å². The Morgan fingerprint density at radius 1 is 1.08 bits per heavy atom. The maximum Gasteiger partial charge on any atom is 0.197 e.